The second-order valence-electron chi connectivity index (χ2n) is 6.46. The third kappa shape index (κ3) is 11.5. The van der Waals surface area contributed by atoms with E-state index in [0.717, 1.165) is 5.56 Å². The van der Waals surface area contributed by atoms with Gasteiger partial charge in [-0.15, -0.1) is 0 Å². The molecule has 1 rings (SSSR count). The summed E-state index contributed by atoms with van der Waals surface area (Å²) in [6, 6.07) is 8.07. The van der Waals surface area contributed by atoms with Gasteiger partial charge in [-0.1, -0.05) is 44.2 Å². The first-order chi connectivity index (χ1) is 12.7. The van der Waals surface area contributed by atoms with E-state index in [2.05, 4.69) is 15.7 Å². The molecule has 2 amide bonds. The van der Waals surface area contributed by atoms with Crippen LogP contribution in [-0.2, 0) is 20.7 Å². The standard InChI is InChI=1S/C17H29N4O5P.Li/c1-13(2)10-15(16(22)19-9-8-18)21-27(24,25)12-20-17(23)26-11-14-6-4-3-5-7-14;/h3-7,13,15H,8-12,18H2,1-2H3,(H,19,22)(H,20,23)(H2,21,24,25);/q;+1/p-1/t15-;/m0./s1. The second-order valence-corrected chi connectivity index (χ2v) is 8.38. The Morgan fingerprint density at radius 3 is 2.43 bits per heavy atom. The maximum Gasteiger partial charge on any atom is 1.00 e. The normalized spacial score (nSPS) is 13.8. The van der Waals surface area contributed by atoms with Gasteiger partial charge in [0.05, 0.1) is 19.8 Å². The molecule has 0 saturated carbocycles. The molecule has 0 aromatic heterocycles. The van der Waals surface area contributed by atoms with E-state index < -0.39 is 31.8 Å². The Balaban J connectivity index is 0.00000729. The fraction of sp³-hybridized carbons (Fsp3) is 0.529. The molecule has 152 valence electrons. The van der Waals surface area contributed by atoms with Gasteiger partial charge in [0.2, 0.25) is 5.91 Å². The number of nitrogens with two attached hydrogens (primary N) is 1. The predicted octanol–water partition coefficient (Wildman–Crippen LogP) is -2.49. The van der Waals surface area contributed by atoms with E-state index in [-0.39, 0.29) is 44.5 Å². The number of benzene rings is 1. The molecular weight excluding hydrogens is 378 g/mol. The van der Waals surface area contributed by atoms with Gasteiger partial charge in [-0.2, -0.15) is 0 Å². The van der Waals surface area contributed by atoms with Gasteiger partial charge in [0.15, 0.2) is 0 Å². The van der Waals surface area contributed by atoms with Crippen molar-refractivity contribution in [3.05, 3.63) is 35.9 Å². The van der Waals surface area contributed by atoms with Crippen molar-refractivity contribution in [2.75, 3.05) is 19.4 Å². The Bertz CT molecular complexity index is 648. The van der Waals surface area contributed by atoms with Crippen LogP contribution < -0.4 is 45.2 Å². The zero-order chi connectivity index (χ0) is 20.3. The minimum absolute atomic E-state index is 0. The Kier molecular flexibility index (Phi) is 13.1. The van der Waals surface area contributed by atoms with Crippen LogP contribution in [0.15, 0.2) is 30.3 Å². The molecule has 0 heterocycles. The van der Waals surface area contributed by atoms with Crippen molar-refractivity contribution < 1.29 is 42.6 Å². The summed E-state index contributed by atoms with van der Waals surface area (Å²) in [5.41, 5.74) is 6.13. The molecule has 0 bridgehead atoms. The maximum atomic E-state index is 12.2. The van der Waals surface area contributed by atoms with Crippen LogP contribution in [0, 0.1) is 5.92 Å². The van der Waals surface area contributed by atoms with Gasteiger partial charge in [-0.3, -0.25) is 9.88 Å². The molecule has 0 spiro atoms. The molecule has 0 radical (unpaired) electrons. The molecule has 5 N–H and O–H groups in total. The van der Waals surface area contributed by atoms with Gasteiger partial charge >= 0.3 is 25.0 Å². The first kappa shape index (κ1) is 26.7. The minimum atomic E-state index is -4.24. The molecular formula is C17H28LiN4O5P. The topological polar surface area (TPSA) is 146 Å². The molecule has 0 aliphatic carbocycles. The second kappa shape index (κ2) is 13.8. The molecule has 0 aliphatic rings. The van der Waals surface area contributed by atoms with Crippen LogP contribution in [0.3, 0.4) is 0 Å². The van der Waals surface area contributed by atoms with Gasteiger partial charge in [-0.25, -0.2) is 4.79 Å². The fourth-order valence-electron chi connectivity index (χ4n) is 2.23. The Morgan fingerprint density at radius 1 is 1.21 bits per heavy atom. The zero-order valence-corrected chi connectivity index (χ0v) is 17.5. The van der Waals surface area contributed by atoms with Crippen molar-refractivity contribution in [3.63, 3.8) is 0 Å². The van der Waals surface area contributed by atoms with Crippen LogP contribution in [-0.4, -0.2) is 37.4 Å². The summed E-state index contributed by atoms with van der Waals surface area (Å²) in [7, 11) is -4.24. The van der Waals surface area contributed by atoms with Crippen molar-refractivity contribution >= 4 is 19.5 Å². The molecule has 0 aliphatic heterocycles. The zero-order valence-electron chi connectivity index (χ0n) is 16.6. The maximum absolute atomic E-state index is 12.2. The van der Waals surface area contributed by atoms with E-state index in [1.165, 1.54) is 0 Å². The summed E-state index contributed by atoms with van der Waals surface area (Å²) in [6.07, 6.45) is -1.20. The van der Waals surface area contributed by atoms with Crippen molar-refractivity contribution in [2.45, 2.75) is 32.9 Å². The van der Waals surface area contributed by atoms with E-state index in [1.807, 2.05) is 19.9 Å². The van der Waals surface area contributed by atoms with E-state index in [4.69, 9.17) is 10.5 Å². The summed E-state index contributed by atoms with van der Waals surface area (Å²) in [5.74, 6) is -0.355. The number of ether oxygens (including phenoxy) is 1. The number of amides is 2. The van der Waals surface area contributed by atoms with Crippen molar-refractivity contribution in [1.29, 1.82) is 0 Å². The molecule has 1 aromatic carbocycles. The van der Waals surface area contributed by atoms with Crippen molar-refractivity contribution in [1.82, 2.24) is 15.7 Å². The van der Waals surface area contributed by atoms with Crippen molar-refractivity contribution in [2.24, 2.45) is 11.7 Å². The Morgan fingerprint density at radius 2 is 1.86 bits per heavy atom. The Labute approximate surface area is 177 Å². The van der Waals surface area contributed by atoms with Gasteiger partial charge in [0.1, 0.15) is 6.61 Å². The fourth-order valence-corrected chi connectivity index (χ4v) is 3.36. The van der Waals surface area contributed by atoms with Crippen LogP contribution in [0.5, 0.6) is 0 Å². The average Bonchev–Trinajstić information content (AvgIpc) is 2.62. The number of rotatable bonds is 11. The van der Waals surface area contributed by atoms with Crippen molar-refractivity contribution in [3.8, 4) is 0 Å². The number of hydrogen-bond acceptors (Lipinski definition) is 6. The number of nitrogens with one attached hydrogen (secondary N) is 3. The summed E-state index contributed by atoms with van der Waals surface area (Å²) < 4.78 is 17.2. The van der Waals surface area contributed by atoms with Crippen LogP contribution in [0.25, 0.3) is 0 Å². The molecule has 1 unspecified atom stereocenters. The van der Waals surface area contributed by atoms with Gasteiger partial charge < -0.3 is 30.6 Å². The molecule has 0 saturated heterocycles. The number of hydrogen-bond donors (Lipinski definition) is 4. The van der Waals surface area contributed by atoms with Crippen LogP contribution in [0.4, 0.5) is 4.79 Å². The van der Waals surface area contributed by atoms with Gasteiger partial charge in [0, 0.05) is 13.1 Å². The summed E-state index contributed by atoms with van der Waals surface area (Å²) >= 11 is 0. The third-order valence-corrected chi connectivity index (χ3v) is 4.74. The van der Waals surface area contributed by atoms with E-state index in [1.54, 1.807) is 24.3 Å². The van der Waals surface area contributed by atoms with Crippen LogP contribution in [0.2, 0.25) is 0 Å². The number of carbonyl (C=O) groups is 2. The number of carbonyl (C=O) groups excluding carboxylic acids is 2. The quantitative estimate of drug-likeness (QED) is 0.235. The molecule has 1 aromatic rings. The monoisotopic (exact) mass is 406 g/mol. The average molecular weight is 406 g/mol. The minimum Gasteiger partial charge on any atom is -0.787 e. The van der Waals surface area contributed by atoms with Gasteiger partial charge in [-0.05, 0) is 17.9 Å². The van der Waals surface area contributed by atoms with Gasteiger partial charge in [0.25, 0.3) is 0 Å². The molecule has 0 fully saturated rings. The largest absolute Gasteiger partial charge is 1.00 e. The third-order valence-electron chi connectivity index (χ3n) is 3.46. The smallest absolute Gasteiger partial charge is 0.787 e. The SMILES string of the molecule is CC(C)C[C@H](NP(=O)([O-])CNC(=O)OCc1ccccc1)C(=O)NCCN.[Li+]. The van der Waals surface area contributed by atoms with E-state index in [0.29, 0.717) is 6.42 Å². The predicted molar refractivity (Wildman–Crippen MR) is 101 cm³/mol. The van der Waals surface area contributed by atoms with Crippen LogP contribution in [0.1, 0.15) is 25.8 Å². The molecule has 2 atom stereocenters. The first-order valence-corrected chi connectivity index (χ1v) is 10.5. The summed E-state index contributed by atoms with van der Waals surface area (Å²) in [4.78, 5) is 36.0. The summed E-state index contributed by atoms with van der Waals surface area (Å²) in [5, 5.41) is 7.09. The Hall–Kier alpha value is -1.33. The molecule has 9 nitrogen and oxygen atoms in total. The molecule has 11 heteroatoms. The molecule has 28 heavy (non-hydrogen) atoms. The van der Waals surface area contributed by atoms with Crippen LogP contribution >= 0.6 is 7.52 Å². The first-order valence-electron chi connectivity index (χ1n) is 8.73. The van der Waals surface area contributed by atoms with E-state index in [9.17, 15) is 19.0 Å². The van der Waals surface area contributed by atoms with E-state index >= 15 is 0 Å². The summed E-state index contributed by atoms with van der Waals surface area (Å²) in [6.45, 7) is 4.28. The number of alkyl carbamates (subject to hydrolysis) is 1.